The fourth-order valence-corrected chi connectivity index (χ4v) is 1.14. The van der Waals surface area contributed by atoms with Crippen molar-refractivity contribution in [1.29, 1.82) is 0 Å². The van der Waals surface area contributed by atoms with Crippen LogP contribution in [0.3, 0.4) is 0 Å². The summed E-state index contributed by atoms with van der Waals surface area (Å²) in [5.74, 6) is 5.94. The average Bonchev–Trinajstić information content (AvgIpc) is 2.26. The summed E-state index contributed by atoms with van der Waals surface area (Å²) in [5.41, 5.74) is 2.52. The van der Waals surface area contributed by atoms with Crippen molar-refractivity contribution >= 4 is 5.84 Å². The minimum atomic E-state index is -0.175. The summed E-state index contributed by atoms with van der Waals surface area (Å²) >= 11 is 0. The molecule has 0 aliphatic carbocycles. The standard InChI is InChI=1S/C8H17N3O3/c1-12-3-2-10-8(11-9)7-6-13-4-5-14-7/h7H,2-6,9H2,1H3,(H,10,11). The molecule has 82 valence electrons. The van der Waals surface area contributed by atoms with Gasteiger partial charge in [-0.25, -0.2) is 5.84 Å². The minimum Gasteiger partial charge on any atom is -0.383 e. The van der Waals surface area contributed by atoms with Crippen LogP contribution in [0.5, 0.6) is 0 Å². The summed E-state index contributed by atoms with van der Waals surface area (Å²) in [6.07, 6.45) is -0.175. The van der Waals surface area contributed by atoms with Crippen molar-refractivity contribution in [1.82, 2.24) is 5.43 Å². The van der Waals surface area contributed by atoms with Crippen LogP contribution in [0, 0.1) is 0 Å². The zero-order chi connectivity index (χ0) is 10.2. The lowest BCUT2D eigenvalue weighted by Gasteiger charge is -2.23. The number of nitrogens with one attached hydrogen (secondary N) is 1. The highest BCUT2D eigenvalue weighted by Crippen LogP contribution is 2.01. The van der Waals surface area contributed by atoms with Gasteiger partial charge < -0.3 is 19.6 Å². The minimum absolute atomic E-state index is 0.175. The van der Waals surface area contributed by atoms with Crippen LogP contribution in [-0.4, -0.2) is 52.0 Å². The van der Waals surface area contributed by atoms with E-state index in [1.165, 1.54) is 0 Å². The van der Waals surface area contributed by atoms with Crippen molar-refractivity contribution in [2.45, 2.75) is 6.10 Å². The van der Waals surface area contributed by atoms with E-state index in [0.29, 0.717) is 38.8 Å². The maximum atomic E-state index is 5.42. The van der Waals surface area contributed by atoms with Gasteiger partial charge >= 0.3 is 0 Å². The highest BCUT2D eigenvalue weighted by Gasteiger charge is 2.19. The Morgan fingerprint density at radius 2 is 2.50 bits per heavy atom. The SMILES string of the molecule is COCCN=C(NN)C1COCCO1. The molecule has 1 heterocycles. The normalized spacial score (nSPS) is 23.6. The van der Waals surface area contributed by atoms with E-state index in [2.05, 4.69) is 10.4 Å². The number of hydrogen-bond acceptors (Lipinski definition) is 5. The molecule has 0 spiro atoms. The Morgan fingerprint density at radius 3 is 3.07 bits per heavy atom. The predicted octanol–water partition coefficient (Wildman–Crippen LogP) is -1.09. The number of ether oxygens (including phenoxy) is 3. The smallest absolute Gasteiger partial charge is 0.142 e. The van der Waals surface area contributed by atoms with E-state index in [-0.39, 0.29) is 6.10 Å². The van der Waals surface area contributed by atoms with Crippen molar-refractivity contribution < 1.29 is 14.2 Å². The number of aliphatic imine (C=N–C) groups is 1. The van der Waals surface area contributed by atoms with Gasteiger partial charge in [-0.2, -0.15) is 0 Å². The van der Waals surface area contributed by atoms with Crippen LogP contribution in [0.4, 0.5) is 0 Å². The first-order valence-electron chi connectivity index (χ1n) is 4.57. The van der Waals surface area contributed by atoms with E-state index in [0.717, 1.165) is 0 Å². The van der Waals surface area contributed by atoms with Crippen molar-refractivity contribution in [2.24, 2.45) is 10.8 Å². The maximum absolute atomic E-state index is 5.42. The highest BCUT2D eigenvalue weighted by atomic mass is 16.6. The third kappa shape index (κ3) is 3.59. The zero-order valence-corrected chi connectivity index (χ0v) is 8.36. The largest absolute Gasteiger partial charge is 0.383 e. The van der Waals surface area contributed by atoms with Crippen molar-refractivity contribution in [2.75, 3.05) is 40.1 Å². The lowest BCUT2D eigenvalue weighted by atomic mass is 10.3. The summed E-state index contributed by atoms with van der Waals surface area (Å²) < 4.78 is 15.5. The predicted molar refractivity (Wildman–Crippen MR) is 52.1 cm³/mol. The lowest BCUT2D eigenvalue weighted by molar-refractivity contribution is -0.0606. The number of hydrazine groups is 1. The molecule has 1 unspecified atom stereocenters. The summed E-state index contributed by atoms with van der Waals surface area (Å²) in [4.78, 5) is 4.21. The van der Waals surface area contributed by atoms with Gasteiger partial charge in [-0.1, -0.05) is 0 Å². The molecule has 0 bridgehead atoms. The molecular weight excluding hydrogens is 186 g/mol. The monoisotopic (exact) mass is 203 g/mol. The number of hydrogen-bond donors (Lipinski definition) is 2. The Morgan fingerprint density at radius 1 is 1.64 bits per heavy atom. The molecule has 0 aromatic heterocycles. The fraction of sp³-hybridized carbons (Fsp3) is 0.875. The second-order valence-electron chi connectivity index (χ2n) is 2.84. The summed E-state index contributed by atoms with van der Waals surface area (Å²) in [6.45, 7) is 2.84. The highest BCUT2D eigenvalue weighted by molar-refractivity contribution is 5.86. The van der Waals surface area contributed by atoms with Crippen molar-refractivity contribution in [3.63, 3.8) is 0 Å². The Kier molecular flexibility index (Phi) is 5.46. The van der Waals surface area contributed by atoms with Crippen LogP contribution in [0.25, 0.3) is 0 Å². The van der Waals surface area contributed by atoms with E-state index in [4.69, 9.17) is 20.1 Å². The summed E-state index contributed by atoms with van der Waals surface area (Å²) in [5, 5.41) is 0. The van der Waals surface area contributed by atoms with Gasteiger partial charge in [0.25, 0.3) is 0 Å². The first-order chi connectivity index (χ1) is 6.88. The molecule has 1 aliphatic rings. The third-order valence-electron chi connectivity index (χ3n) is 1.85. The van der Waals surface area contributed by atoms with Gasteiger partial charge in [0.1, 0.15) is 11.9 Å². The van der Waals surface area contributed by atoms with E-state index in [1.807, 2.05) is 0 Å². The fourth-order valence-electron chi connectivity index (χ4n) is 1.14. The second-order valence-corrected chi connectivity index (χ2v) is 2.84. The number of rotatable bonds is 4. The Balaban J connectivity index is 2.38. The Bertz CT molecular complexity index is 181. The van der Waals surface area contributed by atoms with Gasteiger partial charge in [-0.05, 0) is 0 Å². The van der Waals surface area contributed by atoms with Crippen LogP contribution in [0.1, 0.15) is 0 Å². The van der Waals surface area contributed by atoms with Crippen LogP contribution >= 0.6 is 0 Å². The quantitative estimate of drug-likeness (QED) is 0.199. The first-order valence-corrected chi connectivity index (χ1v) is 4.57. The van der Waals surface area contributed by atoms with E-state index in [1.54, 1.807) is 7.11 Å². The van der Waals surface area contributed by atoms with Crippen molar-refractivity contribution in [3.05, 3.63) is 0 Å². The molecule has 0 aromatic carbocycles. The number of nitrogens with two attached hydrogens (primary N) is 1. The Labute approximate surface area is 83.4 Å². The van der Waals surface area contributed by atoms with Crippen LogP contribution in [0.2, 0.25) is 0 Å². The first kappa shape index (κ1) is 11.4. The van der Waals surface area contributed by atoms with Gasteiger partial charge in [0.15, 0.2) is 0 Å². The van der Waals surface area contributed by atoms with Crippen LogP contribution in [-0.2, 0) is 14.2 Å². The molecule has 1 aliphatic heterocycles. The molecule has 0 aromatic rings. The molecule has 6 heteroatoms. The molecule has 0 radical (unpaired) electrons. The number of amidine groups is 1. The average molecular weight is 203 g/mol. The number of nitrogens with zero attached hydrogens (tertiary/aromatic N) is 1. The zero-order valence-electron chi connectivity index (χ0n) is 8.36. The van der Waals surface area contributed by atoms with E-state index >= 15 is 0 Å². The van der Waals surface area contributed by atoms with Gasteiger partial charge in [0, 0.05) is 7.11 Å². The molecule has 1 atom stereocenters. The topological polar surface area (TPSA) is 78.1 Å². The van der Waals surface area contributed by atoms with E-state index in [9.17, 15) is 0 Å². The van der Waals surface area contributed by atoms with Gasteiger partial charge in [-0.15, -0.1) is 0 Å². The lowest BCUT2D eigenvalue weighted by Crippen LogP contribution is -2.46. The molecule has 1 rings (SSSR count). The summed E-state index contributed by atoms with van der Waals surface area (Å²) in [7, 11) is 1.63. The molecule has 6 nitrogen and oxygen atoms in total. The maximum Gasteiger partial charge on any atom is 0.142 e. The molecule has 0 amide bonds. The van der Waals surface area contributed by atoms with Crippen LogP contribution in [0.15, 0.2) is 4.99 Å². The second kappa shape index (κ2) is 6.72. The molecule has 0 saturated carbocycles. The van der Waals surface area contributed by atoms with Gasteiger partial charge in [0.2, 0.25) is 0 Å². The molecule has 3 N–H and O–H groups in total. The summed E-state index contributed by atoms with van der Waals surface area (Å²) in [6, 6.07) is 0. The van der Waals surface area contributed by atoms with Gasteiger partial charge in [-0.3, -0.25) is 4.99 Å². The molecular formula is C8H17N3O3. The Hall–Kier alpha value is -0.690. The van der Waals surface area contributed by atoms with Gasteiger partial charge in [0.05, 0.1) is 33.0 Å². The molecule has 1 saturated heterocycles. The molecule has 14 heavy (non-hydrogen) atoms. The van der Waals surface area contributed by atoms with Crippen LogP contribution < -0.4 is 11.3 Å². The third-order valence-corrected chi connectivity index (χ3v) is 1.85. The van der Waals surface area contributed by atoms with E-state index < -0.39 is 0 Å². The number of methoxy groups -OCH3 is 1. The molecule has 1 fully saturated rings. The van der Waals surface area contributed by atoms with Crippen molar-refractivity contribution in [3.8, 4) is 0 Å².